The number of aliphatic hydroxyl groups excluding tert-OH is 1. The number of fused-ring (bicyclic) bond motifs is 2. The Morgan fingerprint density at radius 3 is 2.67 bits per heavy atom. The average Bonchev–Trinajstić information content (AvgIpc) is 2.52. The highest BCUT2D eigenvalue weighted by Gasteiger charge is 2.15. The lowest BCUT2D eigenvalue weighted by atomic mass is 10.1. The molecule has 1 aromatic heterocycles. The van der Waals surface area contributed by atoms with Crippen LogP contribution in [0.4, 0.5) is 0 Å². The maximum atomic E-state index is 12.6. The van der Waals surface area contributed by atoms with Crippen molar-refractivity contribution in [3.63, 3.8) is 0 Å². The quantitative estimate of drug-likeness (QED) is 0.596. The van der Waals surface area contributed by atoms with Crippen LogP contribution in [-0.4, -0.2) is 24.3 Å². The molecule has 106 valence electrons. The Balaban J connectivity index is 2.29. The second-order valence-electron chi connectivity index (χ2n) is 4.47. The van der Waals surface area contributed by atoms with Crippen LogP contribution in [0.2, 0.25) is 0 Å². The predicted octanol–water partition coefficient (Wildman–Crippen LogP) is 2.56. The van der Waals surface area contributed by atoms with Crippen LogP contribution in [0.25, 0.3) is 20.2 Å². The van der Waals surface area contributed by atoms with Gasteiger partial charge >= 0.3 is 5.97 Å². The largest absolute Gasteiger partial charge is 0.460 e. The van der Waals surface area contributed by atoms with Crippen molar-refractivity contribution in [1.82, 2.24) is 0 Å². The molecule has 1 N–H and O–H groups in total. The summed E-state index contributed by atoms with van der Waals surface area (Å²) in [5, 5.41) is 9.71. The zero-order valence-corrected chi connectivity index (χ0v) is 11.9. The van der Waals surface area contributed by atoms with Gasteiger partial charge in [-0.25, -0.2) is 4.79 Å². The van der Waals surface area contributed by atoms with Gasteiger partial charge in [-0.1, -0.05) is 18.2 Å². The fourth-order valence-corrected chi connectivity index (χ4v) is 3.34. The van der Waals surface area contributed by atoms with Gasteiger partial charge in [-0.2, -0.15) is 0 Å². The van der Waals surface area contributed by atoms with Gasteiger partial charge in [-0.05, 0) is 24.3 Å². The highest BCUT2D eigenvalue weighted by Crippen LogP contribution is 2.26. The topological polar surface area (TPSA) is 63.6 Å². The van der Waals surface area contributed by atoms with E-state index >= 15 is 0 Å². The SMILES string of the molecule is O=C(OCCO)c1cccc2sc3ccccc3c(=O)c12. The number of esters is 1. The van der Waals surface area contributed by atoms with E-state index in [-0.39, 0.29) is 24.2 Å². The maximum absolute atomic E-state index is 12.6. The zero-order valence-electron chi connectivity index (χ0n) is 11.0. The van der Waals surface area contributed by atoms with Crippen molar-refractivity contribution < 1.29 is 14.6 Å². The van der Waals surface area contributed by atoms with Crippen LogP contribution in [0.15, 0.2) is 47.3 Å². The lowest BCUT2D eigenvalue weighted by Crippen LogP contribution is -2.13. The molecule has 0 aliphatic heterocycles. The number of hydrogen-bond donors (Lipinski definition) is 1. The third kappa shape index (κ3) is 2.41. The number of carbonyl (C=O) groups is 1. The van der Waals surface area contributed by atoms with E-state index in [1.54, 1.807) is 24.3 Å². The first-order valence-corrected chi connectivity index (χ1v) is 7.26. The number of carbonyl (C=O) groups excluding carboxylic acids is 1. The monoisotopic (exact) mass is 300 g/mol. The molecule has 0 atom stereocenters. The fourth-order valence-electron chi connectivity index (χ4n) is 2.23. The summed E-state index contributed by atoms with van der Waals surface area (Å²) in [6, 6.07) is 12.4. The van der Waals surface area contributed by atoms with Crippen LogP contribution >= 0.6 is 11.3 Å². The molecule has 0 saturated heterocycles. The predicted molar refractivity (Wildman–Crippen MR) is 83.0 cm³/mol. The Bertz CT molecular complexity index is 882. The van der Waals surface area contributed by atoms with Crippen molar-refractivity contribution in [3.05, 3.63) is 58.3 Å². The first-order chi connectivity index (χ1) is 10.2. The summed E-state index contributed by atoms with van der Waals surface area (Å²) in [6.07, 6.45) is 0. The molecule has 5 heteroatoms. The molecule has 21 heavy (non-hydrogen) atoms. The molecule has 0 amide bonds. The summed E-state index contributed by atoms with van der Waals surface area (Å²) in [6.45, 7) is -0.327. The summed E-state index contributed by atoms with van der Waals surface area (Å²) >= 11 is 1.46. The number of benzene rings is 2. The Labute approximate surface area is 124 Å². The molecule has 1 heterocycles. The standard InChI is InChI=1S/C16H12O4S/c17-8-9-20-16(19)11-5-3-7-13-14(11)15(18)10-4-1-2-6-12(10)21-13/h1-7,17H,8-9H2. The molecule has 0 unspecified atom stereocenters. The summed E-state index contributed by atoms with van der Waals surface area (Å²) in [7, 11) is 0. The van der Waals surface area contributed by atoms with E-state index in [9.17, 15) is 9.59 Å². The zero-order chi connectivity index (χ0) is 14.8. The molecule has 0 fully saturated rings. The van der Waals surface area contributed by atoms with E-state index < -0.39 is 5.97 Å². The lowest BCUT2D eigenvalue weighted by Gasteiger charge is -2.07. The van der Waals surface area contributed by atoms with Crippen molar-refractivity contribution in [3.8, 4) is 0 Å². The Hall–Kier alpha value is -2.24. The van der Waals surface area contributed by atoms with Gasteiger partial charge in [0.05, 0.1) is 17.6 Å². The van der Waals surface area contributed by atoms with Gasteiger partial charge in [0.15, 0.2) is 5.43 Å². The minimum atomic E-state index is -0.589. The number of rotatable bonds is 3. The van der Waals surface area contributed by atoms with E-state index in [2.05, 4.69) is 0 Å². The lowest BCUT2D eigenvalue weighted by molar-refractivity contribution is 0.0436. The number of aliphatic hydroxyl groups is 1. The number of ether oxygens (including phenoxy) is 1. The molecule has 0 spiro atoms. The van der Waals surface area contributed by atoms with Gasteiger partial charge in [0.25, 0.3) is 0 Å². The second kappa shape index (κ2) is 5.63. The molecule has 4 nitrogen and oxygen atoms in total. The summed E-state index contributed by atoms with van der Waals surface area (Å²) in [5.74, 6) is -0.589. The summed E-state index contributed by atoms with van der Waals surface area (Å²) in [5.41, 5.74) is 0.0730. The van der Waals surface area contributed by atoms with Crippen LogP contribution < -0.4 is 5.43 Å². The first-order valence-electron chi connectivity index (χ1n) is 6.45. The average molecular weight is 300 g/mol. The van der Waals surface area contributed by atoms with E-state index in [1.807, 2.05) is 18.2 Å². The molecule has 3 aromatic rings. The Morgan fingerprint density at radius 2 is 1.86 bits per heavy atom. The molecule has 0 saturated carbocycles. The highest BCUT2D eigenvalue weighted by molar-refractivity contribution is 7.24. The van der Waals surface area contributed by atoms with Gasteiger partial charge in [-0.3, -0.25) is 4.79 Å². The van der Waals surface area contributed by atoms with Gasteiger partial charge in [0.1, 0.15) is 6.61 Å². The van der Waals surface area contributed by atoms with Gasteiger partial charge in [0.2, 0.25) is 0 Å². The summed E-state index contributed by atoms with van der Waals surface area (Å²) in [4.78, 5) is 24.7. The third-order valence-electron chi connectivity index (χ3n) is 3.15. The molecular formula is C16H12O4S. The third-order valence-corrected chi connectivity index (χ3v) is 4.29. The van der Waals surface area contributed by atoms with Gasteiger partial charge in [-0.15, -0.1) is 11.3 Å². The molecule has 0 aliphatic carbocycles. The molecule has 0 aliphatic rings. The van der Waals surface area contributed by atoms with E-state index in [1.165, 1.54) is 11.3 Å². The number of hydrogen-bond acceptors (Lipinski definition) is 5. The second-order valence-corrected chi connectivity index (χ2v) is 5.55. The molecule has 0 radical (unpaired) electrons. The van der Waals surface area contributed by atoms with Gasteiger partial charge < -0.3 is 9.84 Å². The molecule has 0 bridgehead atoms. The van der Waals surface area contributed by atoms with Crippen LogP contribution in [0.5, 0.6) is 0 Å². The van der Waals surface area contributed by atoms with Crippen molar-refractivity contribution >= 4 is 37.5 Å². The molecule has 2 aromatic carbocycles. The van der Waals surface area contributed by atoms with Crippen molar-refractivity contribution in [2.45, 2.75) is 0 Å². The Morgan fingerprint density at radius 1 is 1.10 bits per heavy atom. The van der Waals surface area contributed by atoms with Crippen LogP contribution in [0.3, 0.4) is 0 Å². The fraction of sp³-hybridized carbons (Fsp3) is 0.125. The molecular weight excluding hydrogens is 288 g/mol. The summed E-state index contributed by atoms with van der Waals surface area (Å²) < 4.78 is 6.56. The maximum Gasteiger partial charge on any atom is 0.339 e. The van der Waals surface area contributed by atoms with E-state index in [0.29, 0.717) is 10.8 Å². The van der Waals surface area contributed by atoms with Crippen molar-refractivity contribution in [1.29, 1.82) is 0 Å². The van der Waals surface area contributed by atoms with E-state index in [0.717, 1.165) is 9.40 Å². The van der Waals surface area contributed by atoms with E-state index in [4.69, 9.17) is 9.84 Å². The minimum absolute atomic E-state index is 0.0829. The van der Waals surface area contributed by atoms with Crippen molar-refractivity contribution in [2.75, 3.05) is 13.2 Å². The normalized spacial score (nSPS) is 10.9. The van der Waals surface area contributed by atoms with Gasteiger partial charge in [0, 0.05) is 14.8 Å². The van der Waals surface area contributed by atoms with Crippen LogP contribution in [0, 0.1) is 0 Å². The Kier molecular flexibility index (Phi) is 3.68. The first kappa shape index (κ1) is 13.7. The van der Waals surface area contributed by atoms with Crippen LogP contribution in [0.1, 0.15) is 10.4 Å². The highest BCUT2D eigenvalue weighted by atomic mass is 32.1. The minimum Gasteiger partial charge on any atom is -0.460 e. The molecule has 3 rings (SSSR count). The smallest absolute Gasteiger partial charge is 0.339 e. The van der Waals surface area contributed by atoms with Crippen molar-refractivity contribution in [2.24, 2.45) is 0 Å². The van der Waals surface area contributed by atoms with Crippen LogP contribution in [-0.2, 0) is 4.74 Å².